The van der Waals surface area contributed by atoms with Crippen LogP contribution in [0.5, 0.6) is 0 Å². The summed E-state index contributed by atoms with van der Waals surface area (Å²) in [6.07, 6.45) is 6.19. The first-order valence-electron chi connectivity index (χ1n) is 8.42. The summed E-state index contributed by atoms with van der Waals surface area (Å²) in [7, 11) is 0. The van der Waals surface area contributed by atoms with E-state index in [0.29, 0.717) is 30.9 Å². The van der Waals surface area contributed by atoms with Gasteiger partial charge in [0.05, 0.1) is 18.7 Å². The molecular formula is C17H25N3O3. The SMILES string of the molecule is Cc1cc(-c2nnc(CN(CCO)C3CCCCC3)o2)c(C)o1. The van der Waals surface area contributed by atoms with Gasteiger partial charge in [0, 0.05) is 12.6 Å². The van der Waals surface area contributed by atoms with Crippen molar-refractivity contribution in [3.8, 4) is 11.5 Å². The Labute approximate surface area is 136 Å². The van der Waals surface area contributed by atoms with Crippen LogP contribution in [0.3, 0.4) is 0 Å². The van der Waals surface area contributed by atoms with E-state index in [-0.39, 0.29) is 6.61 Å². The molecule has 1 fully saturated rings. The standard InChI is InChI=1S/C17H25N3O3/c1-12-10-15(13(2)22-12)17-19-18-16(23-17)11-20(8-9-21)14-6-4-3-5-7-14/h10,14,21H,3-9,11H2,1-2H3. The molecule has 0 atom stereocenters. The maximum atomic E-state index is 9.35. The van der Waals surface area contributed by atoms with Gasteiger partial charge in [-0.15, -0.1) is 10.2 Å². The van der Waals surface area contributed by atoms with E-state index in [1.54, 1.807) is 0 Å². The number of aliphatic hydroxyl groups excluding tert-OH is 1. The molecule has 2 aromatic rings. The van der Waals surface area contributed by atoms with Gasteiger partial charge in [0.15, 0.2) is 0 Å². The molecule has 1 aliphatic carbocycles. The summed E-state index contributed by atoms with van der Waals surface area (Å²) >= 11 is 0. The second-order valence-corrected chi connectivity index (χ2v) is 6.31. The first-order valence-corrected chi connectivity index (χ1v) is 8.42. The lowest BCUT2D eigenvalue weighted by molar-refractivity contribution is 0.108. The molecule has 0 amide bonds. The Hall–Kier alpha value is -1.66. The van der Waals surface area contributed by atoms with Crippen molar-refractivity contribution < 1.29 is 13.9 Å². The van der Waals surface area contributed by atoms with Gasteiger partial charge in [-0.3, -0.25) is 4.90 Å². The van der Waals surface area contributed by atoms with Gasteiger partial charge in [-0.05, 0) is 32.8 Å². The number of aryl methyl sites for hydroxylation is 2. The Morgan fingerprint density at radius 2 is 1.96 bits per heavy atom. The molecule has 1 aliphatic rings. The molecule has 0 saturated heterocycles. The molecule has 0 spiro atoms. The van der Waals surface area contributed by atoms with Gasteiger partial charge in [-0.1, -0.05) is 19.3 Å². The van der Waals surface area contributed by atoms with E-state index >= 15 is 0 Å². The molecule has 126 valence electrons. The Kier molecular flexibility index (Phi) is 5.13. The fourth-order valence-corrected chi connectivity index (χ4v) is 3.41. The van der Waals surface area contributed by atoms with Crippen molar-refractivity contribution in [3.63, 3.8) is 0 Å². The highest BCUT2D eigenvalue weighted by Crippen LogP contribution is 2.27. The van der Waals surface area contributed by atoms with E-state index in [4.69, 9.17) is 8.83 Å². The van der Waals surface area contributed by atoms with Crippen molar-refractivity contribution in [2.75, 3.05) is 13.2 Å². The molecule has 1 saturated carbocycles. The third-order valence-corrected chi connectivity index (χ3v) is 4.55. The monoisotopic (exact) mass is 319 g/mol. The predicted molar refractivity (Wildman–Crippen MR) is 85.8 cm³/mol. The zero-order valence-electron chi connectivity index (χ0n) is 13.9. The summed E-state index contributed by atoms with van der Waals surface area (Å²) in [6, 6.07) is 2.42. The number of hydrogen-bond donors (Lipinski definition) is 1. The van der Waals surface area contributed by atoms with Crippen molar-refractivity contribution in [1.82, 2.24) is 15.1 Å². The van der Waals surface area contributed by atoms with Crippen LogP contribution in [0.1, 0.15) is 49.5 Å². The number of furan rings is 1. The van der Waals surface area contributed by atoms with Crippen molar-refractivity contribution >= 4 is 0 Å². The highest BCUT2D eigenvalue weighted by molar-refractivity contribution is 5.55. The molecule has 23 heavy (non-hydrogen) atoms. The second kappa shape index (κ2) is 7.27. The fourth-order valence-electron chi connectivity index (χ4n) is 3.41. The second-order valence-electron chi connectivity index (χ2n) is 6.31. The minimum absolute atomic E-state index is 0.150. The lowest BCUT2D eigenvalue weighted by Gasteiger charge is -2.32. The van der Waals surface area contributed by atoms with E-state index in [9.17, 15) is 5.11 Å². The highest BCUT2D eigenvalue weighted by Gasteiger charge is 2.23. The van der Waals surface area contributed by atoms with Crippen LogP contribution in [0.25, 0.3) is 11.5 Å². The van der Waals surface area contributed by atoms with Crippen LogP contribution in [0.15, 0.2) is 14.9 Å². The molecule has 6 nitrogen and oxygen atoms in total. The van der Waals surface area contributed by atoms with Crippen LogP contribution in [-0.4, -0.2) is 39.4 Å². The Balaban J connectivity index is 1.72. The molecule has 0 unspecified atom stereocenters. The summed E-state index contributed by atoms with van der Waals surface area (Å²) in [6.45, 7) is 5.18. The van der Waals surface area contributed by atoms with Gasteiger partial charge in [0.1, 0.15) is 11.5 Å². The van der Waals surface area contributed by atoms with E-state index in [2.05, 4.69) is 15.1 Å². The lowest BCUT2D eigenvalue weighted by Crippen LogP contribution is -2.38. The molecule has 2 aromatic heterocycles. The molecule has 0 aliphatic heterocycles. The van der Waals surface area contributed by atoms with Gasteiger partial charge in [-0.2, -0.15) is 0 Å². The first kappa shape index (κ1) is 16.2. The normalized spacial score (nSPS) is 16.3. The summed E-state index contributed by atoms with van der Waals surface area (Å²) in [5.74, 6) is 2.72. The molecule has 2 heterocycles. The average Bonchev–Trinajstić information content (AvgIpc) is 3.14. The van der Waals surface area contributed by atoms with E-state index in [0.717, 1.165) is 17.1 Å². The lowest BCUT2D eigenvalue weighted by atomic mass is 9.94. The maximum Gasteiger partial charge on any atom is 0.251 e. The van der Waals surface area contributed by atoms with Crippen LogP contribution < -0.4 is 0 Å². The Morgan fingerprint density at radius 1 is 1.17 bits per heavy atom. The van der Waals surface area contributed by atoms with Gasteiger partial charge in [0.2, 0.25) is 5.89 Å². The van der Waals surface area contributed by atoms with E-state index in [1.807, 2.05) is 19.9 Å². The van der Waals surface area contributed by atoms with Crippen LogP contribution in [0.4, 0.5) is 0 Å². The Morgan fingerprint density at radius 3 is 2.61 bits per heavy atom. The van der Waals surface area contributed by atoms with Crippen molar-refractivity contribution in [2.24, 2.45) is 0 Å². The summed E-state index contributed by atoms with van der Waals surface area (Å²) in [5.41, 5.74) is 0.854. The molecular weight excluding hydrogens is 294 g/mol. The van der Waals surface area contributed by atoms with Crippen molar-refractivity contribution in [3.05, 3.63) is 23.5 Å². The van der Waals surface area contributed by atoms with Crippen molar-refractivity contribution in [2.45, 2.75) is 58.5 Å². The number of aliphatic hydroxyl groups is 1. The number of hydrogen-bond acceptors (Lipinski definition) is 6. The van der Waals surface area contributed by atoms with Crippen LogP contribution in [0.2, 0.25) is 0 Å². The Bertz CT molecular complexity index is 629. The van der Waals surface area contributed by atoms with Gasteiger partial charge in [-0.25, -0.2) is 0 Å². The molecule has 0 bridgehead atoms. The van der Waals surface area contributed by atoms with Crippen LogP contribution >= 0.6 is 0 Å². The number of nitrogens with zero attached hydrogens (tertiary/aromatic N) is 3. The van der Waals surface area contributed by atoms with Crippen molar-refractivity contribution in [1.29, 1.82) is 0 Å². The molecule has 0 radical (unpaired) electrons. The largest absolute Gasteiger partial charge is 0.466 e. The zero-order valence-corrected chi connectivity index (χ0v) is 13.9. The summed E-state index contributed by atoms with van der Waals surface area (Å²) in [5, 5.41) is 17.7. The van der Waals surface area contributed by atoms with Gasteiger partial charge < -0.3 is 13.9 Å². The number of aromatic nitrogens is 2. The minimum atomic E-state index is 0.150. The molecule has 6 heteroatoms. The van der Waals surface area contributed by atoms with E-state index < -0.39 is 0 Å². The third-order valence-electron chi connectivity index (χ3n) is 4.55. The van der Waals surface area contributed by atoms with Gasteiger partial charge >= 0.3 is 0 Å². The topological polar surface area (TPSA) is 75.5 Å². The van der Waals surface area contributed by atoms with Crippen LogP contribution in [-0.2, 0) is 6.54 Å². The predicted octanol–water partition coefficient (Wildman–Crippen LogP) is 3.07. The van der Waals surface area contributed by atoms with E-state index in [1.165, 1.54) is 32.1 Å². The summed E-state index contributed by atoms with van der Waals surface area (Å²) in [4.78, 5) is 2.27. The molecule has 0 aromatic carbocycles. The molecule has 3 rings (SSSR count). The fraction of sp³-hybridized carbons (Fsp3) is 0.647. The minimum Gasteiger partial charge on any atom is -0.466 e. The maximum absolute atomic E-state index is 9.35. The first-order chi connectivity index (χ1) is 11.2. The summed E-state index contributed by atoms with van der Waals surface area (Å²) < 4.78 is 11.3. The average molecular weight is 319 g/mol. The quantitative estimate of drug-likeness (QED) is 0.882. The highest BCUT2D eigenvalue weighted by atomic mass is 16.4. The van der Waals surface area contributed by atoms with Crippen LogP contribution in [0, 0.1) is 13.8 Å². The zero-order chi connectivity index (χ0) is 16.2. The smallest absolute Gasteiger partial charge is 0.251 e. The van der Waals surface area contributed by atoms with Gasteiger partial charge in [0.25, 0.3) is 5.89 Å². The number of rotatable bonds is 6. The third kappa shape index (κ3) is 3.82. The molecule has 1 N–H and O–H groups in total.